The van der Waals surface area contributed by atoms with Crippen LogP contribution in [-0.2, 0) is 0 Å². The molecule has 1 saturated carbocycles. The Morgan fingerprint density at radius 2 is 2.00 bits per heavy atom. The number of H-pyrrole nitrogens is 1. The molecule has 4 aromatic rings. The lowest BCUT2D eigenvalue weighted by Gasteiger charge is -2.26. The van der Waals surface area contributed by atoms with Crippen LogP contribution in [0.3, 0.4) is 0 Å². The molecule has 0 aliphatic heterocycles. The summed E-state index contributed by atoms with van der Waals surface area (Å²) in [6.45, 7) is 1.89. The predicted octanol–water partition coefficient (Wildman–Crippen LogP) is 4.89. The number of hydrogen-bond donors (Lipinski definition) is 3. The summed E-state index contributed by atoms with van der Waals surface area (Å²) < 4.78 is 6.24. The van der Waals surface area contributed by atoms with Crippen LogP contribution < -0.4 is 10.1 Å². The van der Waals surface area contributed by atoms with Crippen molar-refractivity contribution >= 4 is 45.2 Å². The van der Waals surface area contributed by atoms with Crippen LogP contribution in [0.2, 0.25) is 5.02 Å². The molecule has 30 heavy (non-hydrogen) atoms. The highest BCUT2D eigenvalue weighted by Gasteiger charge is 2.21. The zero-order chi connectivity index (χ0) is 20.7. The smallest absolute Gasteiger partial charge is 0.227 e. The van der Waals surface area contributed by atoms with Gasteiger partial charge in [-0.15, -0.1) is 0 Å². The van der Waals surface area contributed by atoms with Gasteiger partial charge in [-0.3, -0.25) is 0 Å². The number of nitrogens with one attached hydrogen (secondary N) is 2. The SMILES string of the molecule is Cc1nc2cc(Nc3ncc4cccc(OC5CCC(O)CC5)c4n3)cc(Cl)c2[nH]1. The fourth-order valence-electron chi connectivity index (χ4n) is 3.92. The van der Waals surface area contributed by atoms with Gasteiger partial charge >= 0.3 is 0 Å². The molecular weight excluding hydrogens is 402 g/mol. The molecule has 8 heteroatoms. The zero-order valence-electron chi connectivity index (χ0n) is 16.5. The number of para-hydroxylation sites is 1. The molecule has 0 unspecified atom stereocenters. The minimum absolute atomic E-state index is 0.0921. The van der Waals surface area contributed by atoms with Gasteiger partial charge in [0, 0.05) is 17.3 Å². The molecule has 5 rings (SSSR count). The van der Waals surface area contributed by atoms with Gasteiger partial charge in [0.15, 0.2) is 0 Å². The number of aromatic nitrogens is 4. The first-order valence-corrected chi connectivity index (χ1v) is 10.5. The topological polar surface area (TPSA) is 96.0 Å². The number of aliphatic hydroxyl groups is 1. The molecule has 1 fully saturated rings. The lowest BCUT2D eigenvalue weighted by atomic mass is 9.95. The van der Waals surface area contributed by atoms with Crippen molar-refractivity contribution in [1.29, 1.82) is 0 Å². The molecule has 0 amide bonds. The van der Waals surface area contributed by atoms with E-state index in [1.165, 1.54) is 0 Å². The maximum atomic E-state index is 9.73. The van der Waals surface area contributed by atoms with Gasteiger partial charge in [-0.05, 0) is 50.8 Å². The van der Waals surface area contributed by atoms with Crippen molar-refractivity contribution in [2.45, 2.75) is 44.8 Å². The van der Waals surface area contributed by atoms with E-state index in [4.69, 9.17) is 21.3 Å². The second-order valence-corrected chi connectivity index (χ2v) is 8.14. The van der Waals surface area contributed by atoms with Crippen LogP contribution in [-0.4, -0.2) is 37.3 Å². The third-order valence-corrected chi connectivity index (χ3v) is 5.73. The number of fused-ring (bicyclic) bond motifs is 2. The highest BCUT2D eigenvalue weighted by molar-refractivity contribution is 6.35. The fourth-order valence-corrected chi connectivity index (χ4v) is 4.18. The van der Waals surface area contributed by atoms with Gasteiger partial charge in [0.2, 0.25) is 5.95 Å². The van der Waals surface area contributed by atoms with Crippen molar-refractivity contribution in [3.8, 4) is 5.75 Å². The summed E-state index contributed by atoms with van der Waals surface area (Å²) in [5.41, 5.74) is 3.11. The van der Waals surface area contributed by atoms with Gasteiger partial charge in [-0.1, -0.05) is 23.7 Å². The first-order chi connectivity index (χ1) is 14.5. The molecule has 0 spiro atoms. The van der Waals surface area contributed by atoms with Crippen LogP contribution in [0, 0.1) is 6.92 Å². The Labute approximate surface area is 178 Å². The molecule has 1 aliphatic carbocycles. The van der Waals surface area contributed by atoms with Gasteiger partial charge in [0.1, 0.15) is 17.1 Å². The quantitative estimate of drug-likeness (QED) is 0.432. The van der Waals surface area contributed by atoms with Crippen LogP contribution in [0.25, 0.3) is 21.9 Å². The van der Waals surface area contributed by atoms with Gasteiger partial charge in [0.25, 0.3) is 0 Å². The Morgan fingerprint density at radius 1 is 1.17 bits per heavy atom. The Hall–Kier alpha value is -2.90. The van der Waals surface area contributed by atoms with Crippen LogP contribution in [0.15, 0.2) is 36.5 Å². The molecular formula is C22H22ClN5O2. The number of rotatable bonds is 4. The number of aromatic amines is 1. The van der Waals surface area contributed by atoms with Crippen molar-refractivity contribution in [3.05, 3.63) is 47.4 Å². The average Bonchev–Trinajstić information content (AvgIpc) is 3.11. The number of imidazole rings is 1. The van der Waals surface area contributed by atoms with Crippen molar-refractivity contribution in [2.75, 3.05) is 5.32 Å². The summed E-state index contributed by atoms with van der Waals surface area (Å²) in [6, 6.07) is 9.57. The molecule has 0 atom stereocenters. The highest BCUT2D eigenvalue weighted by Crippen LogP contribution is 2.31. The fraction of sp³-hybridized carbons (Fsp3) is 0.318. The lowest BCUT2D eigenvalue weighted by molar-refractivity contribution is 0.0672. The van der Waals surface area contributed by atoms with Crippen LogP contribution in [0.1, 0.15) is 31.5 Å². The van der Waals surface area contributed by atoms with Crippen LogP contribution in [0.4, 0.5) is 11.6 Å². The number of aryl methyl sites for hydroxylation is 1. The van der Waals surface area contributed by atoms with E-state index < -0.39 is 0 Å². The summed E-state index contributed by atoms with van der Waals surface area (Å²) in [4.78, 5) is 16.7. The van der Waals surface area contributed by atoms with Gasteiger partial charge in [-0.25, -0.2) is 15.0 Å². The standard InChI is InChI=1S/C22H22ClN5O2/c1-12-25-18-10-14(9-17(23)21(18)26-12)27-22-24-11-13-3-2-4-19(20(13)28-22)30-16-7-5-15(29)6-8-16/h2-4,9-11,15-16,29H,5-8H2,1H3,(H,25,26)(H,24,27,28). The van der Waals surface area contributed by atoms with E-state index in [-0.39, 0.29) is 12.2 Å². The van der Waals surface area contributed by atoms with Crippen molar-refractivity contribution in [1.82, 2.24) is 19.9 Å². The molecule has 1 aliphatic rings. The summed E-state index contributed by atoms with van der Waals surface area (Å²) in [6.07, 6.45) is 4.89. The Kier molecular flexibility index (Phi) is 4.92. The lowest BCUT2D eigenvalue weighted by Crippen LogP contribution is -2.26. The predicted molar refractivity (Wildman–Crippen MR) is 118 cm³/mol. The molecule has 0 saturated heterocycles. The second kappa shape index (κ2) is 7.74. The maximum absolute atomic E-state index is 9.73. The summed E-state index contributed by atoms with van der Waals surface area (Å²) in [7, 11) is 0. The number of aliphatic hydroxyl groups excluding tert-OH is 1. The second-order valence-electron chi connectivity index (χ2n) is 7.74. The molecule has 2 aromatic carbocycles. The number of nitrogens with zero attached hydrogens (tertiary/aromatic N) is 3. The van der Waals surface area contributed by atoms with E-state index in [9.17, 15) is 5.11 Å². The molecule has 0 radical (unpaired) electrons. The van der Waals surface area contributed by atoms with Crippen molar-refractivity contribution in [2.24, 2.45) is 0 Å². The first kappa shape index (κ1) is 19.1. The van der Waals surface area contributed by atoms with E-state index in [2.05, 4.69) is 20.3 Å². The minimum Gasteiger partial charge on any atom is -0.488 e. The van der Waals surface area contributed by atoms with Crippen LogP contribution in [0.5, 0.6) is 5.75 Å². The Morgan fingerprint density at radius 3 is 2.83 bits per heavy atom. The number of benzene rings is 2. The van der Waals surface area contributed by atoms with Gasteiger partial charge < -0.3 is 20.1 Å². The summed E-state index contributed by atoms with van der Waals surface area (Å²) >= 11 is 6.39. The number of anilines is 2. The normalized spacial score (nSPS) is 19.3. The van der Waals surface area contributed by atoms with Crippen molar-refractivity contribution in [3.63, 3.8) is 0 Å². The molecule has 154 valence electrons. The van der Waals surface area contributed by atoms with E-state index in [0.29, 0.717) is 11.0 Å². The molecule has 3 N–H and O–H groups in total. The monoisotopic (exact) mass is 423 g/mol. The third-order valence-electron chi connectivity index (χ3n) is 5.43. The van der Waals surface area contributed by atoms with E-state index in [1.54, 1.807) is 6.20 Å². The maximum Gasteiger partial charge on any atom is 0.227 e. The Bertz CT molecular complexity index is 1220. The van der Waals surface area contributed by atoms with E-state index >= 15 is 0 Å². The van der Waals surface area contributed by atoms with E-state index in [0.717, 1.165) is 64.9 Å². The molecule has 2 heterocycles. The summed E-state index contributed by atoms with van der Waals surface area (Å²) in [5.74, 6) is 2.00. The van der Waals surface area contributed by atoms with Gasteiger partial charge in [-0.2, -0.15) is 0 Å². The Balaban J connectivity index is 1.44. The number of halogens is 1. The minimum atomic E-state index is -0.210. The van der Waals surface area contributed by atoms with Crippen LogP contribution >= 0.6 is 11.6 Å². The third kappa shape index (κ3) is 3.78. The highest BCUT2D eigenvalue weighted by atomic mass is 35.5. The largest absolute Gasteiger partial charge is 0.488 e. The van der Waals surface area contributed by atoms with Crippen molar-refractivity contribution < 1.29 is 9.84 Å². The summed E-state index contributed by atoms with van der Waals surface area (Å²) in [5, 5.41) is 14.4. The first-order valence-electron chi connectivity index (χ1n) is 10.1. The molecule has 2 aromatic heterocycles. The van der Waals surface area contributed by atoms with Gasteiger partial charge in [0.05, 0.1) is 28.3 Å². The molecule has 0 bridgehead atoms. The van der Waals surface area contributed by atoms with E-state index in [1.807, 2.05) is 37.3 Å². The average molecular weight is 424 g/mol. The molecule has 7 nitrogen and oxygen atoms in total. The number of ether oxygens (including phenoxy) is 1. The zero-order valence-corrected chi connectivity index (χ0v) is 17.3. The number of hydrogen-bond acceptors (Lipinski definition) is 6.